The van der Waals surface area contributed by atoms with E-state index < -0.39 is 0 Å². The molecular weight excluding hydrogens is 256 g/mol. The van der Waals surface area contributed by atoms with Crippen LogP contribution in [-0.2, 0) is 11.4 Å². The Morgan fingerprint density at radius 2 is 2.15 bits per heavy atom. The van der Waals surface area contributed by atoms with Crippen molar-refractivity contribution in [3.8, 4) is 0 Å². The molecule has 0 saturated carbocycles. The molecule has 2 N–H and O–H groups in total. The molecule has 0 aliphatic carbocycles. The van der Waals surface area contributed by atoms with E-state index in [2.05, 4.69) is 5.32 Å². The minimum Gasteiger partial charge on any atom is -0.459 e. The van der Waals surface area contributed by atoms with Gasteiger partial charge in [0, 0.05) is 11.1 Å². The molecule has 0 bridgehead atoms. The number of hydrogen-bond acceptors (Lipinski definition) is 4. The second-order valence-electron chi connectivity index (χ2n) is 5.00. The van der Waals surface area contributed by atoms with Gasteiger partial charge in [0.1, 0.15) is 18.0 Å². The first kappa shape index (κ1) is 14.6. The van der Waals surface area contributed by atoms with E-state index in [1.54, 1.807) is 18.2 Å². The third kappa shape index (κ3) is 3.00. The van der Waals surface area contributed by atoms with E-state index in [0.29, 0.717) is 11.3 Å². The lowest BCUT2D eigenvalue weighted by Gasteiger charge is -2.21. The number of rotatable bonds is 5. The van der Waals surface area contributed by atoms with Gasteiger partial charge in [-0.25, -0.2) is 0 Å². The van der Waals surface area contributed by atoms with Gasteiger partial charge in [-0.15, -0.1) is 0 Å². The van der Waals surface area contributed by atoms with Gasteiger partial charge in [0.05, 0.1) is 6.04 Å². The Morgan fingerprint density at radius 1 is 1.40 bits per heavy atom. The zero-order valence-corrected chi connectivity index (χ0v) is 12.0. The third-order valence-corrected chi connectivity index (χ3v) is 3.30. The molecule has 20 heavy (non-hydrogen) atoms. The molecule has 5 nitrogen and oxygen atoms in total. The fraction of sp³-hybridized carbons (Fsp3) is 0.400. The van der Waals surface area contributed by atoms with Crippen LogP contribution in [0.4, 0.5) is 5.69 Å². The van der Waals surface area contributed by atoms with Crippen LogP contribution in [0, 0.1) is 0 Å². The van der Waals surface area contributed by atoms with E-state index in [1.165, 1.54) is 0 Å². The molecule has 0 fully saturated rings. The summed E-state index contributed by atoms with van der Waals surface area (Å²) >= 11 is 0. The molecule has 1 aromatic carbocycles. The Hall–Kier alpha value is -1.85. The number of furan rings is 1. The topological polar surface area (TPSA) is 65.7 Å². The summed E-state index contributed by atoms with van der Waals surface area (Å²) in [6.45, 7) is 1.85. The second-order valence-corrected chi connectivity index (χ2v) is 5.00. The first-order valence-electron chi connectivity index (χ1n) is 6.65. The highest BCUT2D eigenvalue weighted by molar-refractivity contribution is 5.96. The van der Waals surface area contributed by atoms with Crippen LogP contribution in [-0.4, -0.2) is 36.1 Å². The van der Waals surface area contributed by atoms with Crippen molar-refractivity contribution < 1.29 is 14.3 Å². The molecule has 5 heteroatoms. The van der Waals surface area contributed by atoms with Crippen molar-refractivity contribution in [2.24, 2.45) is 0 Å². The lowest BCUT2D eigenvalue weighted by atomic mass is 10.1. The number of likely N-dealkylation sites (N-methyl/N-ethyl adjacent to an activating group) is 1. The molecule has 0 unspecified atom stereocenters. The molecule has 0 aliphatic rings. The van der Waals surface area contributed by atoms with Gasteiger partial charge in [-0.3, -0.25) is 9.69 Å². The number of hydrogen-bond donors (Lipinski definition) is 2. The van der Waals surface area contributed by atoms with Crippen LogP contribution < -0.4 is 5.32 Å². The first-order chi connectivity index (χ1) is 9.55. The molecule has 1 amide bonds. The van der Waals surface area contributed by atoms with E-state index in [0.717, 1.165) is 17.5 Å². The molecule has 2 rings (SSSR count). The van der Waals surface area contributed by atoms with Gasteiger partial charge in [0.2, 0.25) is 5.91 Å². The van der Waals surface area contributed by atoms with Gasteiger partial charge < -0.3 is 14.8 Å². The summed E-state index contributed by atoms with van der Waals surface area (Å²) in [5, 5.41) is 12.8. The van der Waals surface area contributed by atoms with E-state index >= 15 is 0 Å². The number of carbonyl (C=O) groups is 1. The highest BCUT2D eigenvalue weighted by Gasteiger charge is 2.18. The number of benzene rings is 1. The predicted octanol–water partition coefficient (Wildman–Crippen LogP) is 2.20. The number of aliphatic hydroxyl groups is 1. The Balaban J connectivity index is 2.19. The molecule has 0 aliphatic heterocycles. The maximum absolute atomic E-state index is 12.2. The van der Waals surface area contributed by atoms with E-state index in [-0.39, 0.29) is 18.6 Å². The number of nitrogens with zero attached hydrogens (tertiary/aromatic N) is 1. The minimum absolute atomic E-state index is 0.0253. The SMILES string of the molecule is CC[C@H](C(=O)Nc1ccc2oc(CO)cc2c1)N(C)C. The molecule has 108 valence electrons. The van der Waals surface area contributed by atoms with Crippen molar-refractivity contribution >= 4 is 22.6 Å². The van der Waals surface area contributed by atoms with E-state index in [1.807, 2.05) is 32.0 Å². The Labute approximate surface area is 118 Å². The summed E-state index contributed by atoms with van der Waals surface area (Å²) in [7, 11) is 3.78. The number of fused-ring (bicyclic) bond motifs is 1. The maximum atomic E-state index is 12.2. The van der Waals surface area contributed by atoms with Crippen LogP contribution in [0.25, 0.3) is 11.0 Å². The van der Waals surface area contributed by atoms with Gasteiger partial charge >= 0.3 is 0 Å². The lowest BCUT2D eigenvalue weighted by Crippen LogP contribution is -2.39. The van der Waals surface area contributed by atoms with Crippen molar-refractivity contribution in [3.63, 3.8) is 0 Å². The summed E-state index contributed by atoms with van der Waals surface area (Å²) in [5.41, 5.74) is 1.43. The van der Waals surface area contributed by atoms with Crippen LogP contribution in [0.3, 0.4) is 0 Å². The standard InChI is InChI=1S/C15H20N2O3/c1-4-13(17(2)3)15(19)16-11-5-6-14-10(7-11)8-12(9-18)20-14/h5-8,13,18H,4,9H2,1-3H3,(H,16,19)/t13-/m1/s1. The van der Waals surface area contributed by atoms with Crippen molar-refractivity contribution in [1.29, 1.82) is 0 Å². The quantitative estimate of drug-likeness (QED) is 0.878. The number of aliphatic hydroxyl groups excluding tert-OH is 1. The van der Waals surface area contributed by atoms with Crippen molar-refractivity contribution in [3.05, 3.63) is 30.0 Å². The van der Waals surface area contributed by atoms with Crippen LogP contribution in [0.5, 0.6) is 0 Å². The first-order valence-corrected chi connectivity index (χ1v) is 6.65. The fourth-order valence-corrected chi connectivity index (χ4v) is 2.26. The summed E-state index contributed by atoms with van der Waals surface area (Å²) in [4.78, 5) is 14.1. The Kier molecular flexibility index (Phi) is 4.42. The number of nitrogens with one attached hydrogen (secondary N) is 1. The zero-order chi connectivity index (χ0) is 14.7. The number of carbonyl (C=O) groups excluding carboxylic acids is 1. The molecular formula is C15H20N2O3. The monoisotopic (exact) mass is 276 g/mol. The van der Waals surface area contributed by atoms with Crippen molar-refractivity contribution in [1.82, 2.24) is 4.90 Å². The van der Waals surface area contributed by atoms with Gasteiger partial charge in [0.15, 0.2) is 0 Å². The Bertz CT molecular complexity index is 604. The van der Waals surface area contributed by atoms with Gasteiger partial charge in [0.25, 0.3) is 0 Å². The molecule has 0 radical (unpaired) electrons. The lowest BCUT2D eigenvalue weighted by molar-refractivity contribution is -0.120. The average molecular weight is 276 g/mol. The molecule has 1 aromatic heterocycles. The normalized spacial score (nSPS) is 12.8. The van der Waals surface area contributed by atoms with Crippen LogP contribution in [0.1, 0.15) is 19.1 Å². The van der Waals surface area contributed by atoms with Crippen LogP contribution in [0.2, 0.25) is 0 Å². The van der Waals surface area contributed by atoms with Crippen LogP contribution >= 0.6 is 0 Å². The smallest absolute Gasteiger partial charge is 0.241 e. The molecule has 1 atom stereocenters. The van der Waals surface area contributed by atoms with E-state index in [4.69, 9.17) is 9.52 Å². The predicted molar refractivity (Wildman–Crippen MR) is 78.5 cm³/mol. The summed E-state index contributed by atoms with van der Waals surface area (Å²) in [6, 6.07) is 7.06. The van der Waals surface area contributed by atoms with Crippen LogP contribution in [0.15, 0.2) is 28.7 Å². The molecule has 2 aromatic rings. The van der Waals surface area contributed by atoms with Gasteiger partial charge in [-0.2, -0.15) is 0 Å². The second kappa shape index (κ2) is 6.07. The summed E-state index contributed by atoms with van der Waals surface area (Å²) < 4.78 is 5.41. The number of amides is 1. The largest absolute Gasteiger partial charge is 0.459 e. The molecule has 1 heterocycles. The highest BCUT2D eigenvalue weighted by Crippen LogP contribution is 2.23. The maximum Gasteiger partial charge on any atom is 0.241 e. The highest BCUT2D eigenvalue weighted by atomic mass is 16.4. The third-order valence-electron chi connectivity index (χ3n) is 3.30. The average Bonchev–Trinajstić information content (AvgIpc) is 2.81. The van der Waals surface area contributed by atoms with Crippen molar-refractivity contribution in [2.45, 2.75) is 26.0 Å². The van der Waals surface area contributed by atoms with Gasteiger partial charge in [-0.05, 0) is 44.8 Å². The fourth-order valence-electron chi connectivity index (χ4n) is 2.26. The number of anilines is 1. The van der Waals surface area contributed by atoms with Crippen molar-refractivity contribution in [2.75, 3.05) is 19.4 Å². The summed E-state index contributed by atoms with van der Waals surface area (Å²) in [5.74, 6) is 0.492. The van der Waals surface area contributed by atoms with Gasteiger partial charge in [-0.1, -0.05) is 6.92 Å². The molecule has 0 spiro atoms. The van der Waals surface area contributed by atoms with E-state index in [9.17, 15) is 4.79 Å². The molecule has 0 saturated heterocycles. The Morgan fingerprint density at radius 3 is 2.75 bits per heavy atom. The minimum atomic E-state index is -0.150. The zero-order valence-electron chi connectivity index (χ0n) is 12.0. The summed E-state index contributed by atoms with van der Waals surface area (Å²) in [6.07, 6.45) is 0.751.